The van der Waals surface area contributed by atoms with Gasteiger partial charge in [0.25, 0.3) is 5.91 Å². The molecule has 0 aliphatic carbocycles. The zero-order valence-corrected chi connectivity index (χ0v) is 20.2. The van der Waals surface area contributed by atoms with Gasteiger partial charge in [-0.2, -0.15) is 0 Å². The highest BCUT2D eigenvalue weighted by atomic mass is 16.5. The first-order valence-electron chi connectivity index (χ1n) is 11.9. The number of alkyl carbamates (subject to hydrolysis) is 1. The van der Waals surface area contributed by atoms with Crippen LogP contribution < -0.4 is 10.6 Å². The first kappa shape index (κ1) is 26.0. The second-order valence-electron chi connectivity index (χ2n) is 9.15. The molecule has 9 heteroatoms. The molecule has 0 fully saturated rings. The number of carbonyl (C=O) groups is 4. The second-order valence-corrected chi connectivity index (χ2v) is 9.15. The van der Waals surface area contributed by atoms with E-state index >= 15 is 0 Å². The summed E-state index contributed by atoms with van der Waals surface area (Å²) in [6, 6.07) is 10.2. The zero-order chi connectivity index (χ0) is 25.2. The molecule has 2 atom stereocenters. The van der Waals surface area contributed by atoms with E-state index in [4.69, 9.17) is 4.74 Å². The number of aromatic nitrogens is 2. The molecule has 2 aromatic rings. The minimum Gasteiger partial charge on any atom is -0.445 e. The summed E-state index contributed by atoms with van der Waals surface area (Å²) in [5.41, 5.74) is 1.65. The number of amides is 2. The molecule has 1 aromatic heterocycles. The zero-order valence-electron chi connectivity index (χ0n) is 20.2. The molecule has 2 unspecified atom stereocenters. The molecule has 0 spiro atoms. The van der Waals surface area contributed by atoms with E-state index in [0.717, 1.165) is 11.3 Å². The summed E-state index contributed by atoms with van der Waals surface area (Å²) in [7, 11) is 0. The van der Waals surface area contributed by atoms with Crippen molar-refractivity contribution in [2.24, 2.45) is 11.8 Å². The van der Waals surface area contributed by atoms with E-state index in [1.807, 2.05) is 44.2 Å². The van der Waals surface area contributed by atoms with Crippen molar-refractivity contribution in [2.75, 3.05) is 6.54 Å². The van der Waals surface area contributed by atoms with Crippen molar-refractivity contribution in [1.29, 1.82) is 0 Å². The average molecular weight is 481 g/mol. The van der Waals surface area contributed by atoms with E-state index in [-0.39, 0.29) is 31.1 Å². The van der Waals surface area contributed by atoms with Crippen molar-refractivity contribution in [3.05, 3.63) is 59.7 Å². The Morgan fingerprint density at radius 3 is 2.69 bits per heavy atom. The van der Waals surface area contributed by atoms with Crippen LogP contribution in [0.15, 0.2) is 42.6 Å². The van der Waals surface area contributed by atoms with Crippen LogP contribution >= 0.6 is 0 Å². The molecule has 2 bridgehead atoms. The topological polar surface area (TPSA) is 127 Å². The Kier molecular flexibility index (Phi) is 9.46. The van der Waals surface area contributed by atoms with Gasteiger partial charge in [-0.15, -0.1) is 0 Å². The Labute approximate surface area is 205 Å². The third-order valence-corrected chi connectivity index (χ3v) is 5.73. The number of benzene rings is 1. The number of aryl methyl sites for hydroxylation is 1. The molecule has 35 heavy (non-hydrogen) atoms. The van der Waals surface area contributed by atoms with Crippen molar-refractivity contribution in [3.63, 3.8) is 0 Å². The molecule has 2 amide bonds. The number of Topliss-reactive ketones (excluding diaryl/α,β-unsaturated/α-hetero) is 2. The number of hydrogen-bond donors (Lipinski definition) is 2. The number of hydrogen-bond acceptors (Lipinski definition) is 7. The molecule has 2 N–H and O–H groups in total. The summed E-state index contributed by atoms with van der Waals surface area (Å²) in [5, 5.41) is 5.28. The minimum atomic E-state index is -0.923. The van der Waals surface area contributed by atoms with Crippen LogP contribution in [-0.4, -0.2) is 46.1 Å². The van der Waals surface area contributed by atoms with Gasteiger partial charge in [0.05, 0.1) is 6.04 Å². The molecule has 3 rings (SSSR count). The summed E-state index contributed by atoms with van der Waals surface area (Å²) in [6.45, 7) is 4.28. The van der Waals surface area contributed by atoms with Crippen molar-refractivity contribution < 1.29 is 23.9 Å². The van der Waals surface area contributed by atoms with Gasteiger partial charge in [0, 0.05) is 37.2 Å². The van der Waals surface area contributed by atoms with E-state index in [1.165, 1.54) is 0 Å². The van der Waals surface area contributed by atoms with Crippen molar-refractivity contribution in [1.82, 2.24) is 20.6 Å². The number of nitrogens with zero attached hydrogens (tertiary/aromatic N) is 2. The summed E-state index contributed by atoms with van der Waals surface area (Å²) < 4.78 is 5.28. The third-order valence-electron chi connectivity index (χ3n) is 5.73. The van der Waals surface area contributed by atoms with E-state index in [1.54, 1.807) is 12.3 Å². The fourth-order valence-corrected chi connectivity index (χ4v) is 3.94. The van der Waals surface area contributed by atoms with Crippen molar-refractivity contribution in [2.45, 2.75) is 58.6 Å². The van der Waals surface area contributed by atoms with Gasteiger partial charge in [0.1, 0.15) is 12.4 Å². The maximum atomic E-state index is 13.3. The minimum absolute atomic E-state index is 0.0681. The van der Waals surface area contributed by atoms with Crippen LogP contribution in [0, 0.1) is 11.8 Å². The lowest BCUT2D eigenvalue weighted by Gasteiger charge is -2.22. The molecule has 1 aromatic carbocycles. The number of rotatable bonds is 8. The van der Waals surface area contributed by atoms with E-state index in [2.05, 4.69) is 20.6 Å². The lowest BCUT2D eigenvalue weighted by atomic mass is 9.88. The van der Waals surface area contributed by atoms with Gasteiger partial charge < -0.3 is 15.4 Å². The molecule has 1 aliphatic rings. The van der Waals surface area contributed by atoms with Gasteiger partial charge in [-0.25, -0.2) is 14.8 Å². The van der Waals surface area contributed by atoms with Crippen LogP contribution in [-0.2, 0) is 38.6 Å². The molecule has 0 radical (unpaired) electrons. The van der Waals surface area contributed by atoms with Gasteiger partial charge >= 0.3 is 6.09 Å². The van der Waals surface area contributed by atoms with Crippen LogP contribution in [0.1, 0.15) is 50.2 Å². The Hall–Kier alpha value is -3.62. The number of fused-ring (bicyclic) bond motifs is 2. The van der Waals surface area contributed by atoms with Gasteiger partial charge in [-0.3, -0.25) is 14.4 Å². The number of ether oxygens (including phenoxy) is 1. The SMILES string of the molecule is CC(C)CC(NC(=O)OCc1ccccc1)C(=O)CC1Cc2nccc(n2)CCCNC(=O)C1=O. The Morgan fingerprint density at radius 1 is 1.17 bits per heavy atom. The van der Waals surface area contributed by atoms with Crippen LogP contribution in [0.25, 0.3) is 0 Å². The first-order chi connectivity index (χ1) is 16.8. The van der Waals surface area contributed by atoms with E-state index in [9.17, 15) is 19.2 Å². The van der Waals surface area contributed by atoms with Crippen LogP contribution in [0.5, 0.6) is 0 Å². The molecular weight excluding hydrogens is 448 g/mol. The second kappa shape index (κ2) is 12.7. The largest absolute Gasteiger partial charge is 0.445 e. The Morgan fingerprint density at radius 2 is 1.94 bits per heavy atom. The molecule has 1 aliphatic heterocycles. The predicted molar refractivity (Wildman–Crippen MR) is 128 cm³/mol. The maximum absolute atomic E-state index is 13.3. The summed E-state index contributed by atoms with van der Waals surface area (Å²) in [4.78, 5) is 59.7. The van der Waals surface area contributed by atoms with Crippen molar-refractivity contribution >= 4 is 23.6 Å². The van der Waals surface area contributed by atoms with Crippen LogP contribution in [0.3, 0.4) is 0 Å². The first-order valence-corrected chi connectivity index (χ1v) is 11.9. The predicted octanol–water partition coefficient (Wildman–Crippen LogP) is 2.57. The van der Waals surface area contributed by atoms with Crippen LogP contribution in [0.4, 0.5) is 4.79 Å². The van der Waals surface area contributed by atoms with Crippen molar-refractivity contribution in [3.8, 4) is 0 Å². The molecule has 9 nitrogen and oxygen atoms in total. The Balaban J connectivity index is 1.70. The average Bonchev–Trinajstić information content (AvgIpc) is 2.85. The smallest absolute Gasteiger partial charge is 0.408 e. The number of ketones is 2. The third kappa shape index (κ3) is 8.27. The monoisotopic (exact) mass is 480 g/mol. The van der Waals surface area contributed by atoms with Crippen LogP contribution in [0.2, 0.25) is 0 Å². The number of carbonyl (C=O) groups excluding carboxylic acids is 4. The highest BCUT2D eigenvalue weighted by Crippen LogP contribution is 2.17. The number of nitrogens with one attached hydrogen (secondary N) is 2. The normalized spacial score (nSPS) is 17.2. The highest BCUT2D eigenvalue weighted by Gasteiger charge is 2.32. The highest BCUT2D eigenvalue weighted by molar-refractivity contribution is 6.37. The lowest BCUT2D eigenvalue weighted by Crippen LogP contribution is -2.44. The van der Waals surface area contributed by atoms with Gasteiger partial charge in [-0.05, 0) is 36.8 Å². The lowest BCUT2D eigenvalue weighted by molar-refractivity contribution is -0.141. The molecule has 2 heterocycles. The molecule has 186 valence electrons. The fraction of sp³-hybridized carbons (Fsp3) is 0.462. The van der Waals surface area contributed by atoms with E-state index in [0.29, 0.717) is 31.6 Å². The quantitative estimate of drug-likeness (QED) is 0.556. The standard InChI is InChI=1S/C26H32N4O5/c1-17(2)13-21(30-26(34)35-16-18-7-4-3-5-8-18)22(31)14-19-15-23-27-12-10-20(29-23)9-6-11-28-25(33)24(19)32/h3-5,7-8,10,12,17,19,21H,6,9,11,13-16H2,1-2H3,(H,28,33)(H,30,34). The van der Waals surface area contributed by atoms with Gasteiger partial charge in [0.2, 0.25) is 5.78 Å². The Bertz CT molecular complexity index is 1040. The maximum Gasteiger partial charge on any atom is 0.408 e. The summed E-state index contributed by atoms with van der Waals surface area (Å²) in [6.07, 6.45) is 2.44. The summed E-state index contributed by atoms with van der Waals surface area (Å²) in [5.74, 6) is -2.14. The molecule has 0 saturated carbocycles. The summed E-state index contributed by atoms with van der Waals surface area (Å²) >= 11 is 0. The molecule has 0 saturated heterocycles. The molecular formula is C26H32N4O5. The fourth-order valence-electron chi connectivity index (χ4n) is 3.94. The van der Waals surface area contributed by atoms with Gasteiger partial charge in [0.15, 0.2) is 5.78 Å². The van der Waals surface area contributed by atoms with Gasteiger partial charge in [-0.1, -0.05) is 44.2 Å². The van der Waals surface area contributed by atoms with E-state index < -0.39 is 29.7 Å².